The molecule has 1 atom stereocenters. The second-order valence-electron chi connectivity index (χ2n) is 4.84. The maximum atomic E-state index is 12.0. The number of rotatable bonds is 8. The molecule has 106 valence electrons. The van der Waals surface area contributed by atoms with Gasteiger partial charge in [0.15, 0.2) is 17.3 Å². The number of para-hydroxylation sites is 1. The van der Waals surface area contributed by atoms with Gasteiger partial charge >= 0.3 is 0 Å². The van der Waals surface area contributed by atoms with Gasteiger partial charge in [0.2, 0.25) is 0 Å². The van der Waals surface area contributed by atoms with Crippen LogP contribution in [0.5, 0.6) is 11.5 Å². The predicted octanol–water partition coefficient (Wildman–Crippen LogP) is 2.84. The number of Topliss-reactive ketones (excluding diaryl/α,β-unsaturated/α-hetero) is 1. The third-order valence-electron chi connectivity index (χ3n) is 3.14. The Morgan fingerprint density at radius 1 is 1.37 bits per heavy atom. The summed E-state index contributed by atoms with van der Waals surface area (Å²) in [5, 5.41) is 22.3. The average molecular weight is 265 g/mol. The number of aromatic hydroxyl groups is 2. The molecule has 4 nitrogen and oxygen atoms in total. The number of ketones is 1. The van der Waals surface area contributed by atoms with Gasteiger partial charge in [-0.3, -0.25) is 4.79 Å². The second kappa shape index (κ2) is 7.79. The van der Waals surface area contributed by atoms with Crippen LogP contribution in [0.1, 0.15) is 49.9 Å². The Morgan fingerprint density at radius 2 is 2.11 bits per heavy atom. The number of carbonyl (C=O) groups excluding carboxylic acids is 1. The van der Waals surface area contributed by atoms with Crippen LogP contribution in [0.2, 0.25) is 0 Å². The van der Waals surface area contributed by atoms with Crippen LogP contribution in [0.3, 0.4) is 0 Å². The van der Waals surface area contributed by atoms with E-state index in [4.69, 9.17) is 0 Å². The van der Waals surface area contributed by atoms with Gasteiger partial charge in [-0.2, -0.15) is 0 Å². The third kappa shape index (κ3) is 4.91. The van der Waals surface area contributed by atoms with Crippen molar-refractivity contribution in [2.45, 2.75) is 45.6 Å². The fraction of sp³-hybridized carbons (Fsp3) is 0.533. The van der Waals surface area contributed by atoms with E-state index < -0.39 is 0 Å². The fourth-order valence-corrected chi connectivity index (χ4v) is 1.87. The molecule has 0 saturated heterocycles. The number of benzene rings is 1. The summed E-state index contributed by atoms with van der Waals surface area (Å²) in [5.41, 5.74) is 0.195. The van der Waals surface area contributed by atoms with E-state index in [1.807, 2.05) is 6.92 Å². The summed E-state index contributed by atoms with van der Waals surface area (Å²) in [6.45, 7) is 5.15. The van der Waals surface area contributed by atoms with Crippen LogP contribution in [0, 0.1) is 0 Å². The highest BCUT2D eigenvalue weighted by Gasteiger charge is 2.14. The summed E-state index contributed by atoms with van der Waals surface area (Å²) >= 11 is 0. The molecule has 0 amide bonds. The quantitative estimate of drug-likeness (QED) is 0.384. The lowest BCUT2D eigenvalue weighted by molar-refractivity contribution is 0.0973. The normalized spacial score (nSPS) is 12.3. The Labute approximate surface area is 114 Å². The van der Waals surface area contributed by atoms with Crippen molar-refractivity contribution in [2.75, 3.05) is 6.54 Å². The first-order valence-electron chi connectivity index (χ1n) is 6.83. The summed E-state index contributed by atoms with van der Waals surface area (Å²) in [5.74, 6) is -0.711. The first-order chi connectivity index (χ1) is 9.06. The molecule has 4 heteroatoms. The summed E-state index contributed by atoms with van der Waals surface area (Å²) < 4.78 is 0. The Hall–Kier alpha value is -1.55. The molecule has 1 unspecified atom stereocenters. The van der Waals surface area contributed by atoms with Crippen molar-refractivity contribution in [3.63, 3.8) is 0 Å². The predicted molar refractivity (Wildman–Crippen MR) is 75.7 cm³/mol. The van der Waals surface area contributed by atoms with E-state index in [0.717, 1.165) is 25.8 Å². The lowest BCUT2D eigenvalue weighted by Gasteiger charge is -2.13. The molecule has 1 aromatic carbocycles. The molecule has 0 spiro atoms. The molecule has 0 aliphatic carbocycles. The topological polar surface area (TPSA) is 69.6 Å². The lowest BCUT2D eigenvalue weighted by Crippen LogP contribution is -2.27. The molecule has 0 bridgehead atoms. The highest BCUT2D eigenvalue weighted by Crippen LogP contribution is 2.29. The molecule has 1 rings (SSSR count). The SMILES string of the molecule is CCCCNC(C)CCC(=O)c1cccc(O)c1O. The molecule has 0 heterocycles. The molecule has 0 saturated carbocycles. The maximum Gasteiger partial charge on any atom is 0.168 e. The van der Waals surface area contributed by atoms with Crippen molar-refractivity contribution in [2.24, 2.45) is 0 Å². The molecule has 0 aliphatic rings. The number of nitrogens with one attached hydrogen (secondary N) is 1. The van der Waals surface area contributed by atoms with Crippen molar-refractivity contribution in [1.29, 1.82) is 0 Å². The maximum absolute atomic E-state index is 12.0. The van der Waals surface area contributed by atoms with Crippen LogP contribution < -0.4 is 5.32 Å². The standard InChI is InChI=1S/C15H23NO3/c1-3-4-10-16-11(2)8-9-13(17)12-6-5-7-14(18)15(12)19/h5-7,11,16,18-19H,3-4,8-10H2,1-2H3. The number of unbranched alkanes of at least 4 members (excludes halogenated alkanes) is 1. The molecule has 3 N–H and O–H groups in total. The smallest absolute Gasteiger partial charge is 0.168 e. The van der Waals surface area contributed by atoms with Crippen molar-refractivity contribution >= 4 is 5.78 Å². The number of phenolic OH excluding ortho intramolecular Hbond substituents is 2. The Kier molecular flexibility index (Phi) is 6.36. The van der Waals surface area contributed by atoms with Crippen molar-refractivity contribution in [3.8, 4) is 11.5 Å². The van der Waals surface area contributed by atoms with Crippen molar-refractivity contribution in [3.05, 3.63) is 23.8 Å². The van der Waals surface area contributed by atoms with Crippen LogP contribution in [0.15, 0.2) is 18.2 Å². The van der Waals surface area contributed by atoms with Gasteiger partial charge in [0.1, 0.15) is 0 Å². The first-order valence-corrected chi connectivity index (χ1v) is 6.83. The zero-order valence-electron chi connectivity index (χ0n) is 11.6. The first kappa shape index (κ1) is 15.5. The van der Waals surface area contributed by atoms with E-state index in [1.54, 1.807) is 6.07 Å². The molecular weight excluding hydrogens is 242 g/mol. The highest BCUT2D eigenvalue weighted by molar-refractivity contribution is 5.99. The van der Waals surface area contributed by atoms with E-state index in [2.05, 4.69) is 12.2 Å². The van der Waals surface area contributed by atoms with Gasteiger partial charge in [-0.05, 0) is 38.4 Å². The van der Waals surface area contributed by atoms with Crippen LogP contribution in [0.4, 0.5) is 0 Å². The Morgan fingerprint density at radius 3 is 2.79 bits per heavy atom. The van der Waals surface area contributed by atoms with Gasteiger partial charge in [-0.15, -0.1) is 0 Å². The van der Waals surface area contributed by atoms with Gasteiger partial charge < -0.3 is 15.5 Å². The molecule has 0 radical (unpaired) electrons. The zero-order chi connectivity index (χ0) is 14.3. The summed E-state index contributed by atoms with van der Waals surface area (Å²) in [6, 6.07) is 4.73. The van der Waals surface area contributed by atoms with E-state index in [9.17, 15) is 15.0 Å². The minimum atomic E-state index is -0.320. The molecule has 0 fully saturated rings. The summed E-state index contributed by atoms with van der Waals surface area (Å²) in [6.07, 6.45) is 3.36. The van der Waals surface area contributed by atoms with Crippen LogP contribution >= 0.6 is 0 Å². The largest absolute Gasteiger partial charge is 0.504 e. The monoisotopic (exact) mass is 265 g/mol. The van der Waals surface area contributed by atoms with Crippen molar-refractivity contribution < 1.29 is 15.0 Å². The van der Waals surface area contributed by atoms with E-state index in [1.165, 1.54) is 12.1 Å². The minimum absolute atomic E-state index is 0.141. The van der Waals surface area contributed by atoms with Gasteiger partial charge in [0.05, 0.1) is 5.56 Å². The molecule has 19 heavy (non-hydrogen) atoms. The van der Waals surface area contributed by atoms with E-state index in [-0.39, 0.29) is 28.9 Å². The molecule has 0 aliphatic heterocycles. The summed E-state index contributed by atoms with van der Waals surface area (Å²) in [4.78, 5) is 12.0. The Bertz CT molecular complexity index is 418. The van der Waals surface area contributed by atoms with E-state index >= 15 is 0 Å². The molecular formula is C15H23NO3. The number of hydrogen-bond acceptors (Lipinski definition) is 4. The van der Waals surface area contributed by atoms with Gasteiger partial charge in [0, 0.05) is 12.5 Å². The van der Waals surface area contributed by atoms with E-state index in [0.29, 0.717) is 6.42 Å². The molecule has 1 aromatic rings. The zero-order valence-corrected chi connectivity index (χ0v) is 11.6. The van der Waals surface area contributed by atoms with Crippen LogP contribution in [-0.2, 0) is 0 Å². The number of phenols is 2. The molecule has 0 aromatic heterocycles. The van der Waals surface area contributed by atoms with Gasteiger partial charge in [-0.1, -0.05) is 19.4 Å². The van der Waals surface area contributed by atoms with Crippen LogP contribution in [-0.4, -0.2) is 28.6 Å². The van der Waals surface area contributed by atoms with Gasteiger partial charge in [0.25, 0.3) is 0 Å². The van der Waals surface area contributed by atoms with Crippen LogP contribution in [0.25, 0.3) is 0 Å². The second-order valence-corrected chi connectivity index (χ2v) is 4.84. The number of carbonyl (C=O) groups is 1. The third-order valence-corrected chi connectivity index (χ3v) is 3.14. The minimum Gasteiger partial charge on any atom is -0.504 e. The number of hydrogen-bond donors (Lipinski definition) is 3. The van der Waals surface area contributed by atoms with Gasteiger partial charge in [-0.25, -0.2) is 0 Å². The fourth-order valence-electron chi connectivity index (χ4n) is 1.87. The van der Waals surface area contributed by atoms with Crippen molar-refractivity contribution in [1.82, 2.24) is 5.32 Å². The average Bonchev–Trinajstić information content (AvgIpc) is 2.39. The summed E-state index contributed by atoms with van der Waals surface area (Å²) in [7, 11) is 0. The Balaban J connectivity index is 2.45. The lowest BCUT2D eigenvalue weighted by atomic mass is 10.0. The highest BCUT2D eigenvalue weighted by atomic mass is 16.3.